The second-order valence-corrected chi connectivity index (χ2v) is 6.04. The maximum Gasteiger partial charge on any atom is 0.160 e. The van der Waals surface area contributed by atoms with Gasteiger partial charge in [-0.05, 0) is 18.3 Å². The van der Waals surface area contributed by atoms with Crippen molar-refractivity contribution in [2.24, 2.45) is 11.3 Å². The van der Waals surface area contributed by atoms with E-state index < -0.39 is 0 Å². The van der Waals surface area contributed by atoms with Gasteiger partial charge < -0.3 is 10.2 Å². The first-order valence-electron chi connectivity index (χ1n) is 6.76. The summed E-state index contributed by atoms with van der Waals surface area (Å²) in [5.74, 6) is 7.12. The van der Waals surface area contributed by atoms with Gasteiger partial charge in [-0.25, -0.2) is 15.8 Å². The molecule has 0 aliphatic heterocycles. The first kappa shape index (κ1) is 15.9. The molecule has 19 heavy (non-hydrogen) atoms. The van der Waals surface area contributed by atoms with Crippen LogP contribution in [0.25, 0.3) is 0 Å². The molecule has 1 heterocycles. The molecule has 0 aliphatic rings. The Labute approximate surface area is 115 Å². The summed E-state index contributed by atoms with van der Waals surface area (Å²) in [6.45, 7) is 13.2. The lowest BCUT2D eigenvalue weighted by Crippen LogP contribution is -2.25. The van der Waals surface area contributed by atoms with Crippen LogP contribution in [0.4, 0.5) is 5.82 Å². The van der Waals surface area contributed by atoms with E-state index in [1.165, 1.54) is 0 Å². The van der Waals surface area contributed by atoms with Gasteiger partial charge in [0.15, 0.2) is 5.82 Å². The average molecular weight is 266 g/mol. The zero-order valence-corrected chi connectivity index (χ0v) is 12.8. The second-order valence-electron chi connectivity index (χ2n) is 6.04. The van der Waals surface area contributed by atoms with Gasteiger partial charge in [0.25, 0.3) is 0 Å². The number of anilines is 1. The molecule has 5 heteroatoms. The topological polar surface area (TPSA) is 73.1 Å². The highest BCUT2D eigenvalue weighted by atomic mass is 16.5. The van der Waals surface area contributed by atoms with Crippen molar-refractivity contribution in [1.82, 2.24) is 9.97 Å². The molecule has 1 atom stereocenters. The van der Waals surface area contributed by atoms with Crippen molar-refractivity contribution in [3.63, 3.8) is 0 Å². The highest BCUT2D eigenvalue weighted by Gasteiger charge is 2.30. The number of nitrogens with zero attached hydrogens (tertiary/aromatic N) is 2. The number of hydrazine groups is 1. The van der Waals surface area contributed by atoms with Crippen LogP contribution in [0.3, 0.4) is 0 Å². The normalized spacial score (nSPS) is 13.7. The third-order valence-corrected chi connectivity index (χ3v) is 2.86. The lowest BCUT2D eigenvalue weighted by Gasteiger charge is -2.29. The molecular formula is C14H26N4O. The molecular weight excluding hydrogens is 240 g/mol. The van der Waals surface area contributed by atoms with E-state index >= 15 is 0 Å². The number of nitrogen functional groups attached to an aromatic ring is 1. The largest absolute Gasteiger partial charge is 0.370 e. The quantitative estimate of drug-likeness (QED) is 0.633. The fourth-order valence-corrected chi connectivity index (χ4v) is 1.85. The fraction of sp³-hybridized carbons (Fsp3) is 0.714. The van der Waals surface area contributed by atoms with E-state index in [0.717, 1.165) is 5.69 Å². The summed E-state index contributed by atoms with van der Waals surface area (Å²) in [6.07, 6.45) is -0.150. The van der Waals surface area contributed by atoms with Gasteiger partial charge in [0.05, 0.1) is 0 Å². The maximum atomic E-state index is 5.83. The number of hydrogen-bond donors (Lipinski definition) is 2. The molecule has 0 radical (unpaired) electrons. The summed E-state index contributed by atoms with van der Waals surface area (Å²) in [5.41, 5.74) is 3.50. The van der Waals surface area contributed by atoms with Crippen molar-refractivity contribution in [2.45, 2.75) is 53.6 Å². The highest BCUT2D eigenvalue weighted by Crippen LogP contribution is 2.35. The summed E-state index contributed by atoms with van der Waals surface area (Å²) >= 11 is 0. The highest BCUT2D eigenvalue weighted by molar-refractivity contribution is 5.35. The van der Waals surface area contributed by atoms with Crippen LogP contribution in [0.15, 0.2) is 6.07 Å². The van der Waals surface area contributed by atoms with Crippen molar-refractivity contribution < 1.29 is 4.74 Å². The average Bonchev–Trinajstić information content (AvgIpc) is 2.33. The van der Waals surface area contributed by atoms with Gasteiger partial charge in [0.1, 0.15) is 11.9 Å². The van der Waals surface area contributed by atoms with E-state index in [4.69, 9.17) is 10.6 Å². The van der Waals surface area contributed by atoms with Crippen molar-refractivity contribution in [1.29, 1.82) is 0 Å². The van der Waals surface area contributed by atoms with Crippen LogP contribution >= 0.6 is 0 Å². The lowest BCUT2D eigenvalue weighted by atomic mass is 9.88. The summed E-state index contributed by atoms with van der Waals surface area (Å²) in [7, 11) is 0. The number of ether oxygens (including phenoxy) is 1. The van der Waals surface area contributed by atoms with Crippen LogP contribution in [-0.4, -0.2) is 16.6 Å². The van der Waals surface area contributed by atoms with Crippen LogP contribution in [0, 0.1) is 5.41 Å². The van der Waals surface area contributed by atoms with Gasteiger partial charge in [0, 0.05) is 18.4 Å². The van der Waals surface area contributed by atoms with Crippen LogP contribution in [0.2, 0.25) is 0 Å². The van der Waals surface area contributed by atoms with Crippen LogP contribution in [-0.2, 0) is 4.74 Å². The molecule has 0 bridgehead atoms. The second kappa shape index (κ2) is 6.30. The molecule has 5 nitrogen and oxygen atoms in total. The Balaban J connectivity index is 3.25. The summed E-state index contributed by atoms with van der Waals surface area (Å²) < 4.78 is 5.83. The van der Waals surface area contributed by atoms with Crippen LogP contribution in [0.1, 0.15) is 65.1 Å². The molecule has 0 aromatic carbocycles. The van der Waals surface area contributed by atoms with Crippen molar-refractivity contribution in [3.8, 4) is 0 Å². The standard InChI is InChI=1S/C14H26N4O/c1-7-19-12(14(4,5)6)13-16-10(9(2)3)8-11(17-13)18-15/h8-9,12H,7,15H2,1-6H3,(H,16,17,18). The Morgan fingerprint density at radius 2 is 1.95 bits per heavy atom. The molecule has 1 aromatic rings. The summed E-state index contributed by atoms with van der Waals surface area (Å²) in [4.78, 5) is 9.08. The Kier molecular flexibility index (Phi) is 5.26. The molecule has 0 saturated carbocycles. The lowest BCUT2D eigenvalue weighted by molar-refractivity contribution is -0.0191. The predicted molar refractivity (Wildman–Crippen MR) is 77.8 cm³/mol. The molecule has 1 aromatic heterocycles. The van der Waals surface area contributed by atoms with E-state index in [1.807, 2.05) is 13.0 Å². The monoisotopic (exact) mass is 266 g/mol. The van der Waals surface area contributed by atoms with Crippen molar-refractivity contribution in [2.75, 3.05) is 12.0 Å². The zero-order valence-electron chi connectivity index (χ0n) is 12.8. The number of nitrogens with two attached hydrogens (primary N) is 1. The van der Waals surface area contributed by atoms with E-state index in [-0.39, 0.29) is 11.5 Å². The Morgan fingerprint density at radius 1 is 1.32 bits per heavy atom. The van der Waals surface area contributed by atoms with Gasteiger partial charge in [-0.2, -0.15) is 0 Å². The summed E-state index contributed by atoms with van der Waals surface area (Å²) in [6, 6.07) is 1.87. The van der Waals surface area contributed by atoms with Crippen LogP contribution in [0.5, 0.6) is 0 Å². The number of hydrogen-bond acceptors (Lipinski definition) is 5. The molecule has 0 spiro atoms. The Bertz CT molecular complexity index is 412. The minimum atomic E-state index is -0.150. The number of rotatable bonds is 5. The number of nitrogens with one attached hydrogen (secondary N) is 1. The van der Waals surface area contributed by atoms with E-state index in [9.17, 15) is 0 Å². The Morgan fingerprint density at radius 3 is 2.37 bits per heavy atom. The first-order chi connectivity index (χ1) is 8.79. The van der Waals surface area contributed by atoms with Gasteiger partial charge in [0.2, 0.25) is 0 Å². The van der Waals surface area contributed by atoms with Gasteiger partial charge >= 0.3 is 0 Å². The Hall–Kier alpha value is -1.20. The van der Waals surface area contributed by atoms with E-state index in [1.54, 1.807) is 0 Å². The minimum absolute atomic E-state index is 0.0719. The van der Waals surface area contributed by atoms with Crippen LogP contribution < -0.4 is 11.3 Å². The summed E-state index contributed by atoms with van der Waals surface area (Å²) in [5, 5.41) is 0. The maximum absolute atomic E-state index is 5.83. The molecule has 1 rings (SSSR count). The van der Waals surface area contributed by atoms with Gasteiger partial charge in [-0.3, -0.25) is 0 Å². The minimum Gasteiger partial charge on any atom is -0.370 e. The fourth-order valence-electron chi connectivity index (χ4n) is 1.85. The molecule has 0 fully saturated rings. The third kappa shape index (κ3) is 4.14. The zero-order chi connectivity index (χ0) is 14.6. The predicted octanol–water partition coefficient (Wildman–Crippen LogP) is 3.01. The third-order valence-electron chi connectivity index (χ3n) is 2.86. The van der Waals surface area contributed by atoms with Crippen molar-refractivity contribution >= 4 is 5.82 Å². The SMILES string of the molecule is CCOC(c1nc(NN)cc(C(C)C)n1)C(C)(C)C. The van der Waals surface area contributed by atoms with Gasteiger partial charge in [-0.1, -0.05) is 34.6 Å². The molecule has 0 aliphatic carbocycles. The van der Waals surface area contributed by atoms with E-state index in [0.29, 0.717) is 24.2 Å². The number of aromatic nitrogens is 2. The van der Waals surface area contributed by atoms with E-state index in [2.05, 4.69) is 50.0 Å². The molecule has 1 unspecified atom stereocenters. The van der Waals surface area contributed by atoms with Crippen molar-refractivity contribution in [3.05, 3.63) is 17.6 Å². The molecule has 3 N–H and O–H groups in total. The molecule has 0 saturated heterocycles. The first-order valence-corrected chi connectivity index (χ1v) is 6.76. The smallest absolute Gasteiger partial charge is 0.160 e. The molecule has 108 valence electrons. The molecule has 0 amide bonds. The van der Waals surface area contributed by atoms with Gasteiger partial charge in [-0.15, -0.1) is 0 Å².